The first-order valence-corrected chi connectivity index (χ1v) is 5.96. The van der Waals surface area contributed by atoms with E-state index in [9.17, 15) is 13.0 Å². The zero-order valence-corrected chi connectivity index (χ0v) is 12.1. The zero-order chi connectivity index (χ0) is 11.6. The van der Waals surface area contributed by atoms with Crippen LogP contribution in [0, 0.1) is 0 Å². The number of hydrogen-bond donors (Lipinski definition) is 0. The van der Waals surface area contributed by atoms with E-state index in [0.29, 0.717) is 5.56 Å². The van der Waals surface area contributed by atoms with Crippen molar-refractivity contribution in [2.75, 3.05) is 0 Å². The minimum absolute atomic E-state index is 0. The molecule has 0 aromatic heterocycles. The van der Waals surface area contributed by atoms with E-state index in [2.05, 4.69) is 4.18 Å². The Hall–Kier alpha value is -0.430. The van der Waals surface area contributed by atoms with Crippen LogP contribution in [-0.4, -0.2) is 13.0 Å². The van der Waals surface area contributed by atoms with Crippen LogP contribution in [0.25, 0.3) is 10.8 Å². The standard InChI is InChI=1S/C11H10O4S.Na/c12-16(13,14)15-8-9-5-6-10-3-1-2-4-11(10)7-9;/h1-7H,8H2,(H,12,13,14);/q;+1/p-1. The minimum atomic E-state index is -4.63. The van der Waals surface area contributed by atoms with Crippen LogP contribution in [0.3, 0.4) is 0 Å². The summed E-state index contributed by atoms with van der Waals surface area (Å²) >= 11 is 0. The Morgan fingerprint density at radius 1 is 1.06 bits per heavy atom. The molecule has 0 amide bonds. The van der Waals surface area contributed by atoms with Gasteiger partial charge >= 0.3 is 29.6 Å². The maximum Gasteiger partial charge on any atom is 1.00 e. The molecule has 84 valence electrons. The van der Waals surface area contributed by atoms with Crippen molar-refractivity contribution >= 4 is 21.2 Å². The molecule has 0 radical (unpaired) electrons. The van der Waals surface area contributed by atoms with Crippen molar-refractivity contribution in [3.8, 4) is 0 Å². The van der Waals surface area contributed by atoms with Gasteiger partial charge in [-0.25, -0.2) is 8.42 Å². The van der Waals surface area contributed by atoms with Crippen LogP contribution in [0.5, 0.6) is 0 Å². The van der Waals surface area contributed by atoms with Gasteiger partial charge in [-0.15, -0.1) is 0 Å². The second kappa shape index (κ2) is 5.95. The average molecular weight is 260 g/mol. The maximum absolute atomic E-state index is 10.3. The van der Waals surface area contributed by atoms with Gasteiger partial charge in [-0.2, -0.15) is 0 Å². The van der Waals surface area contributed by atoms with Crippen LogP contribution < -0.4 is 29.6 Å². The fraction of sp³-hybridized carbons (Fsp3) is 0.0909. The van der Waals surface area contributed by atoms with Crippen LogP contribution in [0.15, 0.2) is 42.5 Å². The predicted molar refractivity (Wildman–Crippen MR) is 58.4 cm³/mol. The monoisotopic (exact) mass is 260 g/mol. The summed E-state index contributed by atoms with van der Waals surface area (Å²) in [7, 11) is -4.63. The molecular formula is C11H9NaO4S. The Morgan fingerprint density at radius 2 is 1.71 bits per heavy atom. The molecule has 17 heavy (non-hydrogen) atoms. The van der Waals surface area contributed by atoms with Crippen LogP contribution in [0.2, 0.25) is 0 Å². The third kappa shape index (κ3) is 4.39. The van der Waals surface area contributed by atoms with Crippen LogP contribution in [0.1, 0.15) is 5.56 Å². The number of fused-ring (bicyclic) bond motifs is 1. The van der Waals surface area contributed by atoms with E-state index in [1.165, 1.54) is 0 Å². The number of benzene rings is 2. The summed E-state index contributed by atoms with van der Waals surface area (Å²) in [6.45, 7) is -0.226. The molecule has 0 unspecified atom stereocenters. The third-order valence-corrected chi connectivity index (χ3v) is 2.59. The summed E-state index contributed by atoms with van der Waals surface area (Å²) in [5.74, 6) is 0. The molecule has 2 aromatic rings. The van der Waals surface area contributed by atoms with Crippen molar-refractivity contribution in [3.63, 3.8) is 0 Å². The van der Waals surface area contributed by atoms with Gasteiger partial charge in [0.2, 0.25) is 10.4 Å². The third-order valence-electron chi connectivity index (χ3n) is 2.18. The van der Waals surface area contributed by atoms with E-state index in [4.69, 9.17) is 0 Å². The van der Waals surface area contributed by atoms with Gasteiger partial charge in [0.15, 0.2) is 0 Å². The average Bonchev–Trinajstić information content (AvgIpc) is 2.25. The van der Waals surface area contributed by atoms with Gasteiger partial charge in [0.1, 0.15) is 0 Å². The van der Waals surface area contributed by atoms with E-state index < -0.39 is 10.4 Å². The van der Waals surface area contributed by atoms with Gasteiger partial charge < -0.3 is 4.55 Å². The van der Waals surface area contributed by atoms with E-state index in [0.717, 1.165) is 10.8 Å². The summed E-state index contributed by atoms with van der Waals surface area (Å²) in [6.07, 6.45) is 0. The molecule has 0 aliphatic rings. The molecule has 6 heteroatoms. The van der Waals surface area contributed by atoms with Crippen molar-refractivity contribution in [2.45, 2.75) is 6.61 Å². The Balaban J connectivity index is 0.00000144. The molecule has 0 saturated carbocycles. The molecule has 0 fully saturated rings. The van der Waals surface area contributed by atoms with Gasteiger partial charge in [-0.1, -0.05) is 36.4 Å². The first-order chi connectivity index (χ1) is 7.54. The first kappa shape index (κ1) is 14.6. The molecular weight excluding hydrogens is 251 g/mol. The fourth-order valence-electron chi connectivity index (χ4n) is 1.47. The molecule has 2 aromatic carbocycles. The Labute approximate surface area is 122 Å². The molecule has 0 aliphatic heterocycles. The summed E-state index contributed by atoms with van der Waals surface area (Å²) < 4.78 is 35.1. The number of rotatable bonds is 3. The molecule has 4 nitrogen and oxygen atoms in total. The Bertz CT molecular complexity index is 610. The van der Waals surface area contributed by atoms with Gasteiger partial charge in [-0.3, -0.25) is 4.18 Å². The molecule has 0 aliphatic carbocycles. The Kier molecular flexibility index (Phi) is 5.12. The molecule has 0 N–H and O–H groups in total. The van der Waals surface area contributed by atoms with E-state index >= 15 is 0 Å². The molecule has 2 rings (SSSR count). The molecule has 0 atom stereocenters. The van der Waals surface area contributed by atoms with Crippen molar-refractivity contribution in [1.29, 1.82) is 0 Å². The fourth-order valence-corrected chi connectivity index (χ4v) is 1.75. The number of hydrogen-bond acceptors (Lipinski definition) is 4. The van der Waals surface area contributed by atoms with E-state index in [1.807, 2.05) is 30.3 Å². The molecule has 0 saturated heterocycles. The largest absolute Gasteiger partial charge is 1.00 e. The Morgan fingerprint density at radius 3 is 2.35 bits per heavy atom. The van der Waals surface area contributed by atoms with E-state index in [1.54, 1.807) is 12.1 Å². The smallest absolute Gasteiger partial charge is 0.726 e. The van der Waals surface area contributed by atoms with E-state index in [-0.39, 0.29) is 36.2 Å². The predicted octanol–water partition coefficient (Wildman–Crippen LogP) is -1.18. The quantitative estimate of drug-likeness (QED) is 0.396. The summed E-state index contributed by atoms with van der Waals surface area (Å²) in [6, 6.07) is 13.0. The second-order valence-electron chi connectivity index (χ2n) is 3.35. The van der Waals surface area contributed by atoms with Crippen LogP contribution >= 0.6 is 0 Å². The van der Waals surface area contributed by atoms with Gasteiger partial charge in [-0.05, 0) is 22.4 Å². The maximum atomic E-state index is 10.3. The van der Waals surface area contributed by atoms with Crippen LogP contribution in [-0.2, 0) is 21.2 Å². The molecule has 0 heterocycles. The molecule has 0 bridgehead atoms. The first-order valence-electron chi connectivity index (χ1n) is 4.62. The van der Waals surface area contributed by atoms with Crippen molar-refractivity contribution in [2.24, 2.45) is 0 Å². The summed E-state index contributed by atoms with van der Waals surface area (Å²) in [5.41, 5.74) is 0.651. The van der Waals surface area contributed by atoms with Gasteiger partial charge in [0.05, 0.1) is 6.61 Å². The van der Waals surface area contributed by atoms with Crippen molar-refractivity contribution in [3.05, 3.63) is 48.0 Å². The zero-order valence-electron chi connectivity index (χ0n) is 9.29. The topological polar surface area (TPSA) is 66.4 Å². The van der Waals surface area contributed by atoms with Crippen molar-refractivity contribution in [1.82, 2.24) is 0 Å². The van der Waals surface area contributed by atoms with Gasteiger partial charge in [0.25, 0.3) is 0 Å². The van der Waals surface area contributed by atoms with Gasteiger partial charge in [0, 0.05) is 0 Å². The second-order valence-corrected chi connectivity index (χ2v) is 4.40. The normalized spacial score (nSPS) is 11.1. The summed E-state index contributed by atoms with van der Waals surface area (Å²) in [5, 5.41) is 2.03. The summed E-state index contributed by atoms with van der Waals surface area (Å²) in [4.78, 5) is 0. The van der Waals surface area contributed by atoms with Crippen molar-refractivity contribution < 1.29 is 46.7 Å². The van der Waals surface area contributed by atoms with Crippen LogP contribution in [0.4, 0.5) is 0 Å². The SMILES string of the molecule is O=S(=O)([O-])OCc1ccc2ccccc2c1.[Na+]. The minimum Gasteiger partial charge on any atom is -0.726 e. The molecule has 0 spiro atoms.